The molecule has 0 spiro atoms. The van der Waals surface area contributed by atoms with Gasteiger partial charge in [0.2, 0.25) is 0 Å². The van der Waals surface area contributed by atoms with Crippen LogP contribution in [0.3, 0.4) is 0 Å². The number of allylic oxidation sites excluding steroid dienone is 10. The minimum Gasteiger partial charge on any atom is -0.481 e. The normalized spacial score (nSPS) is 12.9. The van der Waals surface area contributed by atoms with E-state index in [0.29, 0.717) is 6.42 Å². The van der Waals surface area contributed by atoms with Crippen molar-refractivity contribution in [3.8, 4) is 0 Å². The van der Waals surface area contributed by atoms with Crippen molar-refractivity contribution in [2.24, 2.45) is 0 Å². The molecule has 0 aromatic carbocycles. The van der Waals surface area contributed by atoms with Gasteiger partial charge < -0.3 is 9.84 Å². The molecule has 0 saturated carbocycles. The molecule has 0 heterocycles. The zero-order valence-corrected chi connectivity index (χ0v) is 31.5. The summed E-state index contributed by atoms with van der Waals surface area (Å²) in [5.41, 5.74) is 0. The molecule has 4 heteroatoms. The van der Waals surface area contributed by atoms with Gasteiger partial charge in [-0.25, -0.2) is 0 Å². The number of unbranched alkanes of at least 4 members (excludes halogenated alkanes) is 17. The number of rotatable bonds is 36. The molecule has 0 radical (unpaired) electrons. The lowest BCUT2D eigenvalue weighted by molar-refractivity contribution is -0.150. The highest BCUT2D eigenvalue weighted by Crippen LogP contribution is 2.19. The number of carbonyl (C=O) groups is 2. The maximum Gasteiger partial charge on any atom is 0.306 e. The Balaban J connectivity index is 4.16. The van der Waals surface area contributed by atoms with Gasteiger partial charge in [-0.05, 0) is 77.0 Å². The van der Waals surface area contributed by atoms with Crippen LogP contribution in [-0.2, 0) is 14.3 Å². The van der Waals surface area contributed by atoms with E-state index in [2.05, 4.69) is 74.6 Å². The fourth-order valence-corrected chi connectivity index (χ4v) is 5.81. The number of hydrogen-bond acceptors (Lipinski definition) is 3. The summed E-state index contributed by atoms with van der Waals surface area (Å²) in [6, 6.07) is 0. The topological polar surface area (TPSA) is 63.6 Å². The lowest BCUT2D eigenvalue weighted by atomic mass is 10.0. The van der Waals surface area contributed by atoms with Crippen molar-refractivity contribution in [2.75, 3.05) is 0 Å². The van der Waals surface area contributed by atoms with E-state index >= 15 is 0 Å². The van der Waals surface area contributed by atoms with Gasteiger partial charge in [-0.2, -0.15) is 0 Å². The molecular weight excluding hydrogens is 592 g/mol. The molecule has 0 amide bonds. The zero-order chi connectivity index (χ0) is 35.0. The van der Waals surface area contributed by atoms with E-state index in [0.717, 1.165) is 96.3 Å². The quantitative estimate of drug-likeness (QED) is 0.0410. The van der Waals surface area contributed by atoms with E-state index < -0.39 is 5.97 Å². The third kappa shape index (κ3) is 38.1. The molecule has 0 saturated heterocycles. The van der Waals surface area contributed by atoms with Crippen LogP contribution in [0.5, 0.6) is 0 Å². The number of carboxylic acid groups (broad SMARTS) is 1. The monoisotopic (exact) mass is 669 g/mol. The first-order valence-electron chi connectivity index (χ1n) is 20.3. The second-order valence-corrected chi connectivity index (χ2v) is 13.4. The van der Waals surface area contributed by atoms with Crippen LogP contribution in [0.1, 0.15) is 200 Å². The number of aliphatic carboxylic acids is 1. The fraction of sp³-hybridized carbons (Fsp3) is 0.727. The molecular formula is C44H76O4. The molecule has 1 unspecified atom stereocenters. The van der Waals surface area contributed by atoms with Crippen molar-refractivity contribution in [1.29, 1.82) is 0 Å². The van der Waals surface area contributed by atoms with Crippen LogP contribution in [0.25, 0.3) is 0 Å². The summed E-state index contributed by atoms with van der Waals surface area (Å²) in [4.78, 5) is 23.4. The van der Waals surface area contributed by atoms with Gasteiger partial charge in [0.25, 0.3) is 0 Å². The highest BCUT2D eigenvalue weighted by atomic mass is 16.5. The molecule has 48 heavy (non-hydrogen) atoms. The smallest absolute Gasteiger partial charge is 0.306 e. The van der Waals surface area contributed by atoms with Crippen molar-refractivity contribution in [3.63, 3.8) is 0 Å². The number of hydrogen-bond donors (Lipinski definition) is 1. The van der Waals surface area contributed by atoms with Gasteiger partial charge in [0.15, 0.2) is 0 Å². The van der Waals surface area contributed by atoms with Crippen LogP contribution in [-0.4, -0.2) is 23.1 Å². The van der Waals surface area contributed by atoms with Gasteiger partial charge in [0.05, 0.1) is 0 Å². The van der Waals surface area contributed by atoms with E-state index in [1.165, 1.54) is 77.0 Å². The predicted octanol–water partition coefficient (Wildman–Crippen LogP) is 14.1. The Bertz CT molecular complexity index is 850. The Hall–Kier alpha value is -2.36. The van der Waals surface area contributed by atoms with Crippen LogP contribution in [0.4, 0.5) is 0 Å². The number of esters is 1. The van der Waals surface area contributed by atoms with E-state index in [1.54, 1.807) is 0 Å². The molecule has 0 rings (SSSR count). The van der Waals surface area contributed by atoms with Gasteiger partial charge in [-0.1, -0.05) is 171 Å². The molecule has 1 N–H and O–H groups in total. The summed E-state index contributed by atoms with van der Waals surface area (Å²) >= 11 is 0. The van der Waals surface area contributed by atoms with E-state index in [-0.39, 0.29) is 18.5 Å². The molecule has 0 aromatic rings. The van der Waals surface area contributed by atoms with Crippen LogP contribution in [0, 0.1) is 0 Å². The number of carboxylic acids is 1. The Labute approximate surface area is 297 Å². The maximum absolute atomic E-state index is 12.7. The lowest BCUT2D eigenvalue weighted by Gasteiger charge is -2.18. The molecule has 1 atom stereocenters. The molecule has 276 valence electrons. The number of ether oxygens (including phenoxy) is 1. The third-order valence-electron chi connectivity index (χ3n) is 8.75. The Morgan fingerprint density at radius 3 is 1.31 bits per heavy atom. The molecule has 0 aliphatic carbocycles. The average Bonchev–Trinajstić information content (AvgIpc) is 3.07. The minimum absolute atomic E-state index is 0.0259. The van der Waals surface area contributed by atoms with Crippen LogP contribution in [0.15, 0.2) is 60.8 Å². The molecule has 0 aliphatic heterocycles. The second-order valence-electron chi connectivity index (χ2n) is 13.4. The van der Waals surface area contributed by atoms with Gasteiger partial charge in [0, 0.05) is 12.8 Å². The van der Waals surface area contributed by atoms with Gasteiger partial charge in [-0.15, -0.1) is 0 Å². The molecule has 0 fully saturated rings. The van der Waals surface area contributed by atoms with Crippen LogP contribution >= 0.6 is 0 Å². The highest BCUT2D eigenvalue weighted by Gasteiger charge is 2.14. The van der Waals surface area contributed by atoms with Gasteiger partial charge in [0.1, 0.15) is 6.10 Å². The summed E-state index contributed by atoms with van der Waals surface area (Å²) < 4.78 is 5.98. The number of carbonyl (C=O) groups excluding carboxylic acids is 1. The van der Waals surface area contributed by atoms with Crippen molar-refractivity contribution < 1.29 is 19.4 Å². The lowest BCUT2D eigenvalue weighted by Crippen LogP contribution is -2.18. The molecule has 0 aliphatic rings. The largest absolute Gasteiger partial charge is 0.481 e. The first-order valence-corrected chi connectivity index (χ1v) is 20.3. The van der Waals surface area contributed by atoms with Crippen molar-refractivity contribution in [2.45, 2.75) is 206 Å². The second kappa shape index (κ2) is 39.1. The maximum atomic E-state index is 12.7. The highest BCUT2D eigenvalue weighted by molar-refractivity contribution is 5.69. The zero-order valence-electron chi connectivity index (χ0n) is 31.5. The van der Waals surface area contributed by atoms with Crippen LogP contribution in [0.2, 0.25) is 0 Å². The first kappa shape index (κ1) is 45.6. The van der Waals surface area contributed by atoms with Crippen LogP contribution < -0.4 is 0 Å². The summed E-state index contributed by atoms with van der Waals surface area (Å²) in [6.45, 7) is 4.43. The SMILES string of the molecule is CC/C=C\C/C=C\C/C=C\C/C=C\C/C=C\CCCC(=O)OC(CCCCCCCCCCCCCCC)CCCCCCCC(=O)O. The molecule has 0 bridgehead atoms. The van der Waals surface area contributed by atoms with Gasteiger partial charge >= 0.3 is 11.9 Å². The van der Waals surface area contributed by atoms with Crippen molar-refractivity contribution >= 4 is 11.9 Å². The fourth-order valence-electron chi connectivity index (χ4n) is 5.81. The van der Waals surface area contributed by atoms with Crippen molar-refractivity contribution in [1.82, 2.24) is 0 Å². The predicted molar refractivity (Wildman–Crippen MR) is 208 cm³/mol. The average molecular weight is 669 g/mol. The Morgan fingerprint density at radius 1 is 0.479 bits per heavy atom. The minimum atomic E-state index is -0.707. The van der Waals surface area contributed by atoms with Crippen molar-refractivity contribution in [3.05, 3.63) is 60.8 Å². The van der Waals surface area contributed by atoms with E-state index in [4.69, 9.17) is 9.84 Å². The van der Waals surface area contributed by atoms with E-state index in [9.17, 15) is 9.59 Å². The Kier molecular flexibility index (Phi) is 37.2. The summed E-state index contributed by atoms with van der Waals surface area (Å²) in [7, 11) is 0. The standard InChI is InChI=1S/C44H76O4/c1-3-5-7-9-11-13-15-17-18-19-20-22-24-26-28-33-37-41-44(47)48-42(39-35-31-29-32-36-40-43(45)46)38-34-30-27-25-23-21-16-14-12-10-8-6-4-2/h5,7,11,13,17-18,20,22,26,28,42H,3-4,6,8-10,12,14-16,19,21,23-25,27,29-41H2,1-2H3,(H,45,46)/b7-5-,13-11-,18-17-,22-20-,28-26-. The summed E-state index contributed by atoms with van der Waals surface area (Å²) in [6.07, 6.45) is 53.8. The Morgan fingerprint density at radius 2 is 0.875 bits per heavy atom. The summed E-state index contributed by atoms with van der Waals surface area (Å²) in [5, 5.41) is 8.82. The van der Waals surface area contributed by atoms with E-state index in [1.807, 2.05) is 0 Å². The third-order valence-corrected chi connectivity index (χ3v) is 8.75. The first-order chi connectivity index (χ1) is 23.6. The summed E-state index contributed by atoms with van der Waals surface area (Å²) in [5.74, 6) is -0.760. The molecule has 0 aromatic heterocycles. The van der Waals surface area contributed by atoms with Gasteiger partial charge in [-0.3, -0.25) is 9.59 Å². The molecule has 4 nitrogen and oxygen atoms in total.